The molecule has 1 N–H and O–H groups in total. The van der Waals surface area contributed by atoms with Crippen LogP contribution in [0, 0.1) is 6.92 Å². The number of ether oxygens (including phenoxy) is 2. The van der Waals surface area contributed by atoms with Crippen LogP contribution in [0.4, 0.5) is 0 Å². The Morgan fingerprint density at radius 2 is 1.63 bits per heavy atom. The van der Waals surface area contributed by atoms with Crippen molar-refractivity contribution in [3.63, 3.8) is 0 Å². The molecule has 3 aromatic rings. The molecule has 1 amide bonds. The maximum atomic E-state index is 13.3. The molecule has 4 rings (SSSR count). The molecule has 1 atom stereocenters. The number of amides is 1. The van der Waals surface area contributed by atoms with E-state index in [4.69, 9.17) is 9.47 Å². The number of Topliss-reactive ketones (excluding diaryl/α,β-unsaturated/α-hetero) is 1. The molecule has 0 bridgehead atoms. The smallest absolute Gasteiger partial charge is 0.295 e. The van der Waals surface area contributed by atoms with Gasteiger partial charge in [0.1, 0.15) is 23.9 Å². The summed E-state index contributed by atoms with van der Waals surface area (Å²) >= 11 is 0. The fraction of sp³-hybridized carbons (Fsp3) is 0.290. The van der Waals surface area contributed by atoms with Gasteiger partial charge in [-0.3, -0.25) is 9.59 Å². The molecule has 0 unspecified atom stereocenters. The predicted octanol–water partition coefficient (Wildman–Crippen LogP) is 4.96. The van der Waals surface area contributed by atoms with Crippen LogP contribution in [-0.4, -0.2) is 60.4 Å². The number of carbonyl (C=O) groups is 2. The van der Waals surface area contributed by atoms with Gasteiger partial charge in [0, 0.05) is 18.7 Å². The van der Waals surface area contributed by atoms with Gasteiger partial charge in [-0.15, -0.1) is 0 Å². The first kappa shape index (κ1) is 26.9. The van der Waals surface area contributed by atoms with E-state index >= 15 is 0 Å². The van der Waals surface area contributed by atoms with E-state index in [-0.39, 0.29) is 11.3 Å². The van der Waals surface area contributed by atoms with Crippen molar-refractivity contribution in [2.24, 2.45) is 0 Å². The zero-order chi connectivity index (χ0) is 27.2. The lowest BCUT2D eigenvalue weighted by Crippen LogP contribution is -2.35. The van der Waals surface area contributed by atoms with Gasteiger partial charge in [-0.05, 0) is 75.0 Å². The van der Waals surface area contributed by atoms with Crippen LogP contribution in [0.5, 0.6) is 11.5 Å². The highest BCUT2D eigenvalue weighted by Crippen LogP contribution is 2.40. The number of carbonyl (C=O) groups excluding carboxylic acids is 2. The van der Waals surface area contributed by atoms with E-state index in [9.17, 15) is 14.7 Å². The number of likely N-dealkylation sites (N-methyl/N-ethyl adjacent to an activating group) is 1. The van der Waals surface area contributed by atoms with Crippen molar-refractivity contribution in [3.05, 3.63) is 101 Å². The number of likely N-dealkylation sites (tertiary alicyclic amines) is 1. The summed E-state index contributed by atoms with van der Waals surface area (Å²) in [7, 11) is 3.82. The van der Waals surface area contributed by atoms with Crippen molar-refractivity contribution in [2.45, 2.75) is 26.5 Å². The average molecular weight is 515 g/mol. The Morgan fingerprint density at radius 3 is 2.26 bits per heavy atom. The predicted molar refractivity (Wildman–Crippen MR) is 147 cm³/mol. The first-order valence-corrected chi connectivity index (χ1v) is 12.7. The molecule has 1 aliphatic rings. The number of nitrogens with zero attached hydrogens (tertiary/aromatic N) is 2. The van der Waals surface area contributed by atoms with Crippen molar-refractivity contribution in [1.82, 2.24) is 9.80 Å². The number of rotatable bonds is 10. The molecule has 7 heteroatoms. The summed E-state index contributed by atoms with van der Waals surface area (Å²) < 4.78 is 11.5. The molecular formula is C31H34N2O5. The minimum absolute atomic E-state index is 0.0824. The highest BCUT2D eigenvalue weighted by Gasteiger charge is 2.46. The fourth-order valence-electron chi connectivity index (χ4n) is 4.56. The third-order valence-corrected chi connectivity index (χ3v) is 6.54. The summed E-state index contributed by atoms with van der Waals surface area (Å²) in [6.07, 6.45) is 0. The quantitative estimate of drug-likeness (QED) is 0.234. The SMILES string of the molecule is CCOc1ccc([C@H]2/C(=C(\O)c3ccc(OCc4ccccc4)cc3C)C(=O)C(=O)N2CCN(C)C)cc1. The van der Waals surface area contributed by atoms with E-state index in [1.54, 1.807) is 12.1 Å². The Hall–Kier alpha value is -4.10. The average Bonchev–Trinajstić information content (AvgIpc) is 3.16. The van der Waals surface area contributed by atoms with Crippen LogP contribution in [0.2, 0.25) is 0 Å². The van der Waals surface area contributed by atoms with Crippen molar-refractivity contribution < 1.29 is 24.2 Å². The maximum absolute atomic E-state index is 13.3. The van der Waals surface area contributed by atoms with E-state index in [0.29, 0.717) is 43.4 Å². The summed E-state index contributed by atoms with van der Waals surface area (Å²) in [6, 6.07) is 21.8. The van der Waals surface area contributed by atoms with Crippen molar-refractivity contribution in [2.75, 3.05) is 33.8 Å². The zero-order valence-corrected chi connectivity index (χ0v) is 22.3. The summed E-state index contributed by atoms with van der Waals surface area (Å²) in [4.78, 5) is 29.9. The largest absolute Gasteiger partial charge is 0.507 e. The maximum Gasteiger partial charge on any atom is 0.295 e. The minimum atomic E-state index is -0.709. The van der Waals surface area contributed by atoms with Gasteiger partial charge in [0.05, 0.1) is 18.2 Å². The second-order valence-electron chi connectivity index (χ2n) is 9.55. The molecule has 0 spiro atoms. The monoisotopic (exact) mass is 514 g/mol. The minimum Gasteiger partial charge on any atom is -0.507 e. The molecular weight excluding hydrogens is 480 g/mol. The number of ketones is 1. The summed E-state index contributed by atoms with van der Waals surface area (Å²) in [6.45, 7) is 5.62. The Bertz CT molecular complexity index is 1320. The Labute approximate surface area is 223 Å². The molecule has 1 saturated heterocycles. The third-order valence-electron chi connectivity index (χ3n) is 6.54. The lowest BCUT2D eigenvalue weighted by atomic mass is 9.94. The van der Waals surface area contributed by atoms with Gasteiger partial charge in [-0.25, -0.2) is 0 Å². The Balaban J connectivity index is 1.69. The van der Waals surface area contributed by atoms with E-state index in [2.05, 4.69) is 0 Å². The Morgan fingerprint density at radius 1 is 0.947 bits per heavy atom. The van der Waals surface area contributed by atoms with Crippen LogP contribution in [0.25, 0.3) is 5.76 Å². The van der Waals surface area contributed by atoms with Crippen LogP contribution in [0.3, 0.4) is 0 Å². The van der Waals surface area contributed by atoms with E-state index in [0.717, 1.165) is 16.7 Å². The summed E-state index contributed by atoms with van der Waals surface area (Å²) in [5, 5.41) is 11.5. The van der Waals surface area contributed by atoms with Crippen molar-refractivity contribution >= 4 is 17.4 Å². The molecule has 1 fully saturated rings. The van der Waals surface area contributed by atoms with Gasteiger partial charge in [-0.1, -0.05) is 42.5 Å². The number of aliphatic hydroxyl groups is 1. The number of aryl methyl sites for hydroxylation is 1. The molecule has 3 aromatic carbocycles. The number of hydrogen-bond acceptors (Lipinski definition) is 6. The van der Waals surface area contributed by atoms with Crippen LogP contribution in [-0.2, 0) is 16.2 Å². The van der Waals surface area contributed by atoms with Crippen molar-refractivity contribution in [1.29, 1.82) is 0 Å². The normalized spacial score (nSPS) is 16.8. The van der Waals surface area contributed by atoms with Gasteiger partial charge < -0.3 is 24.4 Å². The number of benzene rings is 3. The van der Waals surface area contributed by atoms with Gasteiger partial charge in [0.25, 0.3) is 11.7 Å². The van der Waals surface area contributed by atoms with Crippen molar-refractivity contribution in [3.8, 4) is 11.5 Å². The standard InChI is InChI=1S/C31H34N2O5/c1-5-37-24-13-11-23(12-14-24)28-27(30(35)31(36)33(28)18-17-32(3)4)29(34)26-16-15-25(19-21(26)2)38-20-22-9-7-6-8-10-22/h6-16,19,28,34H,5,17-18,20H2,1-4H3/b29-27+/t28-/m0/s1. The van der Waals surface area contributed by atoms with Crippen LogP contribution in [0.15, 0.2) is 78.4 Å². The molecule has 7 nitrogen and oxygen atoms in total. The first-order valence-electron chi connectivity index (χ1n) is 12.7. The lowest BCUT2D eigenvalue weighted by molar-refractivity contribution is -0.140. The van der Waals surface area contributed by atoms with E-state index < -0.39 is 17.7 Å². The second-order valence-corrected chi connectivity index (χ2v) is 9.55. The highest BCUT2D eigenvalue weighted by atomic mass is 16.5. The molecule has 0 radical (unpaired) electrons. The Kier molecular flexibility index (Phi) is 8.48. The molecule has 1 aliphatic heterocycles. The van der Waals surface area contributed by atoms with Crippen LogP contribution >= 0.6 is 0 Å². The number of aliphatic hydroxyl groups excluding tert-OH is 1. The van der Waals surface area contributed by atoms with Gasteiger partial charge in [0.15, 0.2) is 0 Å². The molecule has 0 aromatic heterocycles. The van der Waals surface area contributed by atoms with Gasteiger partial charge in [0.2, 0.25) is 0 Å². The third kappa shape index (κ3) is 5.89. The summed E-state index contributed by atoms with van der Waals surface area (Å²) in [5.41, 5.74) is 3.08. The molecule has 198 valence electrons. The molecule has 1 heterocycles. The van der Waals surface area contributed by atoms with Gasteiger partial charge in [-0.2, -0.15) is 0 Å². The van der Waals surface area contributed by atoms with Gasteiger partial charge >= 0.3 is 0 Å². The number of hydrogen-bond donors (Lipinski definition) is 1. The lowest BCUT2D eigenvalue weighted by Gasteiger charge is -2.26. The van der Waals surface area contributed by atoms with Crippen LogP contribution < -0.4 is 9.47 Å². The first-order chi connectivity index (χ1) is 18.3. The molecule has 0 aliphatic carbocycles. The second kappa shape index (κ2) is 12.0. The summed E-state index contributed by atoms with van der Waals surface area (Å²) in [5.74, 6) is -0.153. The van der Waals surface area contributed by atoms with Crippen LogP contribution in [0.1, 0.15) is 35.2 Å². The zero-order valence-electron chi connectivity index (χ0n) is 22.3. The fourth-order valence-corrected chi connectivity index (χ4v) is 4.56. The highest BCUT2D eigenvalue weighted by molar-refractivity contribution is 6.46. The topological polar surface area (TPSA) is 79.3 Å². The molecule has 0 saturated carbocycles. The van der Waals surface area contributed by atoms with E-state index in [1.165, 1.54) is 4.90 Å². The van der Waals surface area contributed by atoms with E-state index in [1.807, 2.05) is 93.5 Å². The molecule has 38 heavy (non-hydrogen) atoms.